The lowest BCUT2D eigenvalue weighted by atomic mass is 9.99. The van der Waals surface area contributed by atoms with Crippen molar-refractivity contribution < 1.29 is 9.21 Å². The van der Waals surface area contributed by atoms with Crippen LogP contribution in [0.5, 0.6) is 0 Å². The Morgan fingerprint density at radius 3 is 2.52 bits per heavy atom. The van der Waals surface area contributed by atoms with Gasteiger partial charge in [0.05, 0.1) is 6.20 Å². The fourth-order valence-corrected chi connectivity index (χ4v) is 4.30. The van der Waals surface area contributed by atoms with E-state index in [0.717, 1.165) is 37.3 Å². The van der Waals surface area contributed by atoms with E-state index in [0.29, 0.717) is 24.8 Å². The van der Waals surface area contributed by atoms with Gasteiger partial charge in [0.2, 0.25) is 5.91 Å². The third-order valence-corrected chi connectivity index (χ3v) is 5.89. The molecular weight excluding hydrogens is 338 g/mol. The molecule has 27 heavy (non-hydrogen) atoms. The Labute approximate surface area is 161 Å². The Bertz CT molecular complexity index is 729. The average Bonchev–Trinajstić information content (AvgIpc) is 3.22. The molecule has 0 aliphatic carbocycles. The molecule has 3 heterocycles. The van der Waals surface area contributed by atoms with Crippen LogP contribution in [0.1, 0.15) is 44.4 Å². The number of amides is 1. The predicted octanol–water partition coefficient (Wildman–Crippen LogP) is 3.75. The molecule has 0 spiro atoms. The zero-order chi connectivity index (χ0) is 18.5. The van der Waals surface area contributed by atoms with Crippen molar-refractivity contribution in [3.8, 4) is 11.3 Å². The summed E-state index contributed by atoms with van der Waals surface area (Å²) in [7, 11) is 0. The minimum atomic E-state index is 0.228. The summed E-state index contributed by atoms with van der Waals surface area (Å²) in [5.41, 5.74) is 1.02. The highest BCUT2D eigenvalue weighted by Gasteiger charge is 2.27. The standard InChI is InChI=1S/C22H29N3O2/c26-22(25-15-11-19(12-16-25)24-13-5-2-6-14-24)10-9-21-23-17-20(27-21)18-7-3-1-4-8-18/h1,3-4,7-8,17,19H,2,5-6,9-16H2. The minimum absolute atomic E-state index is 0.228. The lowest BCUT2D eigenvalue weighted by molar-refractivity contribution is -0.132. The summed E-state index contributed by atoms with van der Waals surface area (Å²) in [4.78, 5) is 21.6. The second-order valence-corrected chi connectivity index (χ2v) is 7.69. The summed E-state index contributed by atoms with van der Waals surface area (Å²) in [6.45, 7) is 4.26. The number of nitrogens with zero attached hydrogens (tertiary/aromatic N) is 3. The Balaban J connectivity index is 1.24. The number of hydrogen-bond acceptors (Lipinski definition) is 4. The molecule has 2 aromatic rings. The number of likely N-dealkylation sites (tertiary alicyclic amines) is 2. The minimum Gasteiger partial charge on any atom is -0.441 e. The average molecular weight is 367 g/mol. The Morgan fingerprint density at radius 2 is 1.78 bits per heavy atom. The first-order valence-corrected chi connectivity index (χ1v) is 10.3. The van der Waals surface area contributed by atoms with E-state index >= 15 is 0 Å². The Morgan fingerprint density at radius 1 is 1.04 bits per heavy atom. The number of aryl methyl sites for hydroxylation is 1. The molecule has 5 heteroatoms. The van der Waals surface area contributed by atoms with Crippen molar-refractivity contribution in [3.63, 3.8) is 0 Å². The predicted molar refractivity (Wildman–Crippen MR) is 105 cm³/mol. The van der Waals surface area contributed by atoms with Gasteiger partial charge in [-0.25, -0.2) is 4.98 Å². The number of piperidine rings is 2. The van der Waals surface area contributed by atoms with Gasteiger partial charge in [0, 0.05) is 37.5 Å². The molecule has 0 radical (unpaired) electrons. The summed E-state index contributed by atoms with van der Waals surface area (Å²) in [5.74, 6) is 1.64. The van der Waals surface area contributed by atoms with Crippen LogP contribution in [-0.4, -0.2) is 52.9 Å². The maximum absolute atomic E-state index is 12.6. The van der Waals surface area contributed by atoms with Crippen LogP contribution in [0.3, 0.4) is 0 Å². The molecule has 1 aromatic carbocycles. The van der Waals surface area contributed by atoms with E-state index in [9.17, 15) is 4.79 Å². The van der Waals surface area contributed by atoms with E-state index in [4.69, 9.17) is 4.42 Å². The maximum atomic E-state index is 12.6. The molecule has 5 nitrogen and oxygen atoms in total. The molecule has 0 atom stereocenters. The summed E-state index contributed by atoms with van der Waals surface area (Å²) >= 11 is 0. The monoisotopic (exact) mass is 367 g/mol. The highest BCUT2D eigenvalue weighted by molar-refractivity contribution is 5.76. The molecule has 0 N–H and O–H groups in total. The van der Waals surface area contributed by atoms with Gasteiger partial charge in [0.15, 0.2) is 11.7 Å². The number of carbonyl (C=O) groups is 1. The summed E-state index contributed by atoms with van der Waals surface area (Å²) in [5, 5.41) is 0. The topological polar surface area (TPSA) is 49.6 Å². The maximum Gasteiger partial charge on any atom is 0.223 e. The van der Waals surface area contributed by atoms with E-state index in [1.54, 1.807) is 6.20 Å². The molecule has 2 saturated heterocycles. The zero-order valence-electron chi connectivity index (χ0n) is 16.0. The van der Waals surface area contributed by atoms with Crippen LogP contribution in [-0.2, 0) is 11.2 Å². The van der Waals surface area contributed by atoms with Crippen molar-refractivity contribution in [2.24, 2.45) is 0 Å². The first-order valence-electron chi connectivity index (χ1n) is 10.3. The third kappa shape index (κ3) is 4.59. The molecule has 1 aromatic heterocycles. The van der Waals surface area contributed by atoms with Crippen molar-refractivity contribution in [2.75, 3.05) is 26.2 Å². The number of aromatic nitrogens is 1. The van der Waals surface area contributed by atoms with E-state index in [-0.39, 0.29) is 5.91 Å². The van der Waals surface area contributed by atoms with Gasteiger partial charge < -0.3 is 14.2 Å². The van der Waals surface area contributed by atoms with Crippen molar-refractivity contribution in [1.82, 2.24) is 14.8 Å². The van der Waals surface area contributed by atoms with E-state index in [1.165, 1.54) is 32.4 Å². The van der Waals surface area contributed by atoms with Gasteiger partial charge in [-0.15, -0.1) is 0 Å². The zero-order valence-corrected chi connectivity index (χ0v) is 16.0. The third-order valence-electron chi connectivity index (χ3n) is 5.89. The van der Waals surface area contributed by atoms with E-state index in [1.807, 2.05) is 35.2 Å². The SMILES string of the molecule is O=C(CCc1ncc(-c2ccccc2)o1)N1CCC(N2CCCCC2)CC1. The number of carbonyl (C=O) groups excluding carboxylic acids is 1. The van der Waals surface area contributed by atoms with Gasteiger partial charge in [-0.2, -0.15) is 0 Å². The van der Waals surface area contributed by atoms with Gasteiger partial charge in [0.25, 0.3) is 0 Å². The Hall–Kier alpha value is -2.14. The van der Waals surface area contributed by atoms with Crippen molar-refractivity contribution >= 4 is 5.91 Å². The molecule has 0 bridgehead atoms. The van der Waals surface area contributed by atoms with Crippen molar-refractivity contribution in [1.29, 1.82) is 0 Å². The summed E-state index contributed by atoms with van der Waals surface area (Å²) in [6.07, 6.45) is 9.06. The van der Waals surface area contributed by atoms with Gasteiger partial charge in [-0.1, -0.05) is 36.8 Å². The van der Waals surface area contributed by atoms with Crippen LogP contribution in [0.25, 0.3) is 11.3 Å². The fraction of sp³-hybridized carbons (Fsp3) is 0.545. The second-order valence-electron chi connectivity index (χ2n) is 7.69. The molecule has 2 aliphatic heterocycles. The highest BCUT2D eigenvalue weighted by Crippen LogP contribution is 2.23. The van der Waals surface area contributed by atoms with Gasteiger partial charge >= 0.3 is 0 Å². The Kier molecular flexibility index (Phi) is 5.87. The molecule has 2 aliphatic rings. The van der Waals surface area contributed by atoms with Crippen LogP contribution < -0.4 is 0 Å². The molecule has 1 amide bonds. The number of hydrogen-bond donors (Lipinski definition) is 0. The second kappa shape index (κ2) is 8.70. The smallest absolute Gasteiger partial charge is 0.223 e. The molecule has 2 fully saturated rings. The number of rotatable bonds is 5. The van der Waals surface area contributed by atoms with Gasteiger partial charge in [0.1, 0.15) is 0 Å². The summed E-state index contributed by atoms with van der Waals surface area (Å²) < 4.78 is 5.82. The lowest BCUT2D eigenvalue weighted by Gasteiger charge is -2.40. The van der Waals surface area contributed by atoms with Crippen molar-refractivity contribution in [2.45, 2.75) is 51.0 Å². The van der Waals surface area contributed by atoms with Gasteiger partial charge in [-0.3, -0.25) is 4.79 Å². The molecule has 144 valence electrons. The number of oxazole rings is 1. The van der Waals surface area contributed by atoms with Gasteiger partial charge in [-0.05, 0) is 38.8 Å². The highest BCUT2D eigenvalue weighted by atomic mass is 16.4. The summed E-state index contributed by atoms with van der Waals surface area (Å²) in [6, 6.07) is 10.6. The fourth-order valence-electron chi connectivity index (χ4n) is 4.30. The lowest BCUT2D eigenvalue weighted by Crippen LogP contribution is -2.48. The molecule has 4 rings (SSSR count). The number of benzene rings is 1. The van der Waals surface area contributed by atoms with E-state index in [2.05, 4.69) is 9.88 Å². The first-order chi connectivity index (χ1) is 13.3. The van der Waals surface area contributed by atoms with E-state index < -0.39 is 0 Å². The van der Waals surface area contributed by atoms with Crippen molar-refractivity contribution in [3.05, 3.63) is 42.4 Å². The largest absolute Gasteiger partial charge is 0.441 e. The molecular formula is C22H29N3O2. The van der Waals surface area contributed by atoms with Crippen LogP contribution in [0.15, 0.2) is 40.9 Å². The quantitative estimate of drug-likeness (QED) is 0.808. The van der Waals surface area contributed by atoms with Crippen LogP contribution >= 0.6 is 0 Å². The molecule has 0 saturated carbocycles. The van der Waals surface area contributed by atoms with Crippen LogP contribution in [0.4, 0.5) is 0 Å². The van der Waals surface area contributed by atoms with Crippen LogP contribution in [0, 0.1) is 0 Å². The van der Waals surface area contributed by atoms with Crippen LogP contribution in [0.2, 0.25) is 0 Å². The normalized spacial score (nSPS) is 19.3. The molecule has 0 unspecified atom stereocenters. The first kappa shape index (κ1) is 18.2.